The lowest BCUT2D eigenvalue weighted by Gasteiger charge is -2.03. The van der Waals surface area contributed by atoms with Gasteiger partial charge in [0.2, 0.25) is 0 Å². The number of aryl methyl sites for hydroxylation is 1. The van der Waals surface area contributed by atoms with E-state index in [0.717, 1.165) is 5.56 Å². The zero-order chi connectivity index (χ0) is 17.9. The van der Waals surface area contributed by atoms with Crippen LogP contribution in [0.5, 0.6) is 0 Å². The molecule has 6 nitrogen and oxygen atoms in total. The van der Waals surface area contributed by atoms with Gasteiger partial charge in [-0.1, -0.05) is 17.7 Å². The molecule has 0 radical (unpaired) electrons. The van der Waals surface area contributed by atoms with Gasteiger partial charge >= 0.3 is 0 Å². The number of hydrogen-bond acceptors (Lipinski definition) is 5. The Morgan fingerprint density at radius 2 is 1.80 bits per heavy atom. The highest BCUT2D eigenvalue weighted by Gasteiger charge is 2.19. The van der Waals surface area contributed by atoms with Gasteiger partial charge < -0.3 is 14.2 Å². The summed E-state index contributed by atoms with van der Waals surface area (Å²) in [6.45, 7) is 2.11. The van der Waals surface area contributed by atoms with Crippen molar-refractivity contribution in [3.05, 3.63) is 77.6 Å². The SMILES string of the molecule is Cc1ccc(S(=O)(=O)Cc2ccc(C(=O)NCc3ccco3)o2)cc1. The molecular weight excluding hydrogens is 342 g/mol. The Bertz CT molecular complexity index is 953. The smallest absolute Gasteiger partial charge is 0.287 e. The van der Waals surface area contributed by atoms with Crippen molar-refractivity contribution in [1.29, 1.82) is 0 Å². The lowest BCUT2D eigenvalue weighted by atomic mass is 10.2. The lowest BCUT2D eigenvalue weighted by molar-refractivity contribution is 0.0918. The average molecular weight is 359 g/mol. The second-order valence-corrected chi connectivity index (χ2v) is 7.59. The van der Waals surface area contributed by atoms with Crippen molar-refractivity contribution < 1.29 is 22.0 Å². The van der Waals surface area contributed by atoms with Gasteiger partial charge in [-0.15, -0.1) is 0 Å². The summed E-state index contributed by atoms with van der Waals surface area (Å²) < 4.78 is 35.3. The van der Waals surface area contributed by atoms with Crippen LogP contribution >= 0.6 is 0 Å². The molecule has 0 saturated carbocycles. The van der Waals surface area contributed by atoms with Gasteiger partial charge in [-0.2, -0.15) is 0 Å². The minimum Gasteiger partial charge on any atom is -0.467 e. The molecule has 1 amide bonds. The van der Waals surface area contributed by atoms with Gasteiger partial charge in [0.1, 0.15) is 17.3 Å². The van der Waals surface area contributed by atoms with Crippen LogP contribution in [0.2, 0.25) is 0 Å². The van der Waals surface area contributed by atoms with E-state index in [1.54, 1.807) is 36.4 Å². The first-order valence-corrected chi connectivity index (χ1v) is 9.28. The lowest BCUT2D eigenvalue weighted by Crippen LogP contribution is -2.21. The molecular formula is C18H17NO5S. The van der Waals surface area contributed by atoms with E-state index in [1.165, 1.54) is 18.4 Å². The van der Waals surface area contributed by atoms with Crippen LogP contribution in [0.4, 0.5) is 0 Å². The van der Waals surface area contributed by atoms with Crippen molar-refractivity contribution in [3.8, 4) is 0 Å². The van der Waals surface area contributed by atoms with Crippen molar-refractivity contribution in [1.82, 2.24) is 5.32 Å². The number of sulfone groups is 1. The Balaban J connectivity index is 1.66. The van der Waals surface area contributed by atoms with Crippen LogP contribution < -0.4 is 5.32 Å². The fraction of sp³-hybridized carbons (Fsp3) is 0.167. The van der Waals surface area contributed by atoms with E-state index in [2.05, 4.69) is 5.32 Å². The summed E-state index contributed by atoms with van der Waals surface area (Å²) in [4.78, 5) is 12.3. The molecule has 0 aliphatic rings. The number of amides is 1. The molecule has 0 atom stereocenters. The predicted octanol–water partition coefficient (Wildman–Crippen LogP) is 3.08. The summed E-state index contributed by atoms with van der Waals surface area (Å²) in [7, 11) is -3.53. The van der Waals surface area contributed by atoms with Gasteiger partial charge in [0.25, 0.3) is 5.91 Å². The van der Waals surface area contributed by atoms with Gasteiger partial charge in [-0.05, 0) is 43.3 Å². The van der Waals surface area contributed by atoms with Crippen LogP contribution in [0.25, 0.3) is 0 Å². The van der Waals surface area contributed by atoms with Crippen LogP contribution in [0.1, 0.15) is 27.6 Å². The molecule has 0 unspecified atom stereocenters. The van der Waals surface area contributed by atoms with E-state index < -0.39 is 15.7 Å². The molecule has 0 saturated heterocycles. The van der Waals surface area contributed by atoms with E-state index in [-0.39, 0.29) is 28.7 Å². The predicted molar refractivity (Wildman–Crippen MR) is 90.7 cm³/mol. The van der Waals surface area contributed by atoms with Crippen molar-refractivity contribution in [2.75, 3.05) is 0 Å². The number of nitrogens with one attached hydrogen (secondary N) is 1. The zero-order valence-electron chi connectivity index (χ0n) is 13.6. The summed E-state index contributed by atoms with van der Waals surface area (Å²) in [5.41, 5.74) is 0.979. The summed E-state index contributed by atoms with van der Waals surface area (Å²) in [6.07, 6.45) is 1.52. The molecule has 2 heterocycles. The van der Waals surface area contributed by atoms with Gasteiger partial charge in [-0.3, -0.25) is 4.79 Å². The maximum atomic E-state index is 12.4. The number of carbonyl (C=O) groups excluding carboxylic acids is 1. The molecule has 2 aromatic heterocycles. The monoisotopic (exact) mass is 359 g/mol. The normalized spacial score (nSPS) is 11.4. The molecule has 1 aromatic carbocycles. The number of rotatable bonds is 6. The quantitative estimate of drug-likeness (QED) is 0.730. The standard InChI is InChI=1S/C18H17NO5S/c1-13-4-7-16(8-5-13)25(21,22)12-15-6-9-17(24-15)18(20)19-11-14-3-2-10-23-14/h2-10H,11-12H2,1H3,(H,19,20). The molecule has 130 valence electrons. The van der Waals surface area contributed by atoms with Crippen molar-refractivity contribution in [2.45, 2.75) is 24.1 Å². The summed E-state index contributed by atoms with van der Waals surface area (Å²) in [5.74, 6) is 0.142. The van der Waals surface area contributed by atoms with E-state index >= 15 is 0 Å². The number of carbonyl (C=O) groups is 1. The van der Waals surface area contributed by atoms with E-state index in [4.69, 9.17) is 8.83 Å². The first kappa shape index (κ1) is 17.0. The number of furan rings is 2. The molecule has 0 aliphatic heterocycles. The minimum absolute atomic E-state index is 0.0562. The van der Waals surface area contributed by atoms with Gasteiger partial charge in [0.05, 0.1) is 17.7 Å². The second-order valence-electron chi connectivity index (χ2n) is 5.60. The van der Waals surface area contributed by atoms with Crippen LogP contribution in [0.3, 0.4) is 0 Å². The van der Waals surface area contributed by atoms with Crippen LogP contribution in [0.15, 0.2) is 68.5 Å². The van der Waals surface area contributed by atoms with Crippen molar-refractivity contribution in [3.63, 3.8) is 0 Å². The Kier molecular flexibility index (Phi) is 4.76. The van der Waals surface area contributed by atoms with Crippen LogP contribution in [0, 0.1) is 6.92 Å². The summed E-state index contributed by atoms with van der Waals surface area (Å²) >= 11 is 0. The Labute approximate surface area is 145 Å². The molecule has 3 rings (SSSR count). The maximum absolute atomic E-state index is 12.4. The Hall–Kier alpha value is -2.80. The van der Waals surface area contributed by atoms with E-state index in [1.807, 2.05) is 6.92 Å². The first-order chi connectivity index (χ1) is 11.9. The fourth-order valence-electron chi connectivity index (χ4n) is 2.26. The van der Waals surface area contributed by atoms with E-state index in [9.17, 15) is 13.2 Å². The minimum atomic E-state index is -3.53. The zero-order valence-corrected chi connectivity index (χ0v) is 14.4. The number of benzene rings is 1. The largest absolute Gasteiger partial charge is 0.467 e. The fourth-order valence-corrected chi connectivity index (χ4v) is 3.51. The van der Waals surface area contributed by atoms with Crippen LogP contribution in [-0.4, -0.2) is 14.3 Å². The highest BCUT2D eigenvalue weighted by atomic mass is 32.2. The molecule has 0 aliphatic carbocycles. The van der Waals surface area contributed by atoms with Crippen molar-refractivity contribution in [2.24, 2.45) is 0 Å². The summed E-state index contributed by atoms with van der Waals surface area (Å²) in [6, 6.07) is 13.0. The molecule has 0 spiro atoms. The van der Waals surface area contributed by atoms with Gasteiger partial charge in [0, 0.05) is 0 Å². The topological polar surface area (TPSA) is 89.5 Å². The van der Waals surface area contributed by atoms with Crippen molar-refractivity contribution >= 4 is 15.7 Å². The molecule has 3 aromatic rings. The Morgan fingerprint density at radius 3 is 2.48 bits per heavy atom. The average Bonchev–Trinajstić information content (AvgIpc) is 3.24. The molecule has 25 heavy (non-hydrogen) atoms. The highest BCUT2D eigenvalue weighted by molar-refractivity contribution is 7.90. The third-order valence-corrected chi connectivity index (χ3v) is 5.26. The van der Waals surface area contributed by atoms with Gasteiger partial charge in [-0.25, -0.2) is 8.42 Å². The molecule has 0 fully saturated rings. The highest BCUT2D eigenvalue weighted by Crippen LogP contribution is 2.19. The summed E-state index contributed by atoms with van der Waals surface area (Å²) in [5, 5.41) is 2.64. The second kappa shape index (κ2) is 6.98. The third kappa shape index (κ3) is 4.19. The third-order valence-electron chi connectivity index (χ3n) is 3.60. The Morgan fingerprint density at radius 1 is 1.04 bits per heavy atom. The molecule has 7 heteroatoms. The molecule has 1 N–H and O–H groups in total. The number of hydrogen-bond donors (Lipinski definition) is 1. The van der Waals surface area contributed by atoms with E-state index in [0.29, 0.717) is 5.76 Å². The van der Waals surface area contributed by atoms with Gasteiger partial charge in [0.15, 0.2) is 15.6 Å². The van der Waals surface area contributed by atoms with Crippen LogP contribution in [-0.2, 0) is 22.1 Å². The maximum Gasteiger partial charge on any atom is 0.287 e. The molecule has 0 bridgehead atoms. The first-order valence-electron chi connectivity index (χ1n) is 7.63.